The van der Waals surface area contributed by atoms with E-state index in [9.17, 15) is 4.79 Å². The first-order valence-corrected chi connectivity index (χ1v) is 5.79. The topological polar surface area (TPSA) is 41.1 Å². The lowest BCUT2D eigenvalue weighted by Gasteiger charge is -2.04. The van der Waals surface area contributed by atoms with Gasteiger partial charge in [-0.05, 0) is 24.0 Å². The molecule has 0 saturated heterocycles. The van der Waals surface area contributed by atoms with E-state index in [2.05, 4.69) is 42.0 Å². The highest BCUT2D eigenvalue weighted by atomic mass is 16.2. The minimum atomic E-state index is 0.0279. The molecule has 1 aromatic rings. The monoisotopic (exact) mass is 220 g/mol. The molecule has 3 heteroatoms. The Bertz CT molecular complexity index is 319. The predicted octanol–water partition coefficient (Wildman–Crippen LogP) is 1.82. The smallest absolute Gasteiger partial charge is 0.234 e. The number of hydrazine groups is 1. The predicted molar refractivity (Wildman–Crippen MR) is 66.0 cm³/mol. The first-order chi connectivity index (χ1) is 7.76. The summed E-state index contributed by atoms with van der Waals surface area (Å²) in [7, 11) is 1.69. The highest BCUT2D eigenvalue weighted by molar-refractivity contribution is 5.75. The van der Waals surface area contributed by atoms with Crippen LogP contribution in [0.25, 0.3) is 0 Å². The average Bonchev–Trinajstić information content (AvgIpc) is 2.29. The van der Waals surface area contributed by atoms with Gasteiger partial charge in [0.1, 0.15) is 0 Å². The van der Waals surface area contributed by atoms with Gasteiger partial charge in [0.05, 0.1) is 0 Å². The number of amides is 1. The Hall–Kier alpha value is -1.35. The molecule has 3 nitrogen and oxygen atoms in total. The molecule has 0 saturated carbocycles. The number of hydrogen-bond acceptors (Lipinski definition) is 2. The van der Waals surface area contributed by atoms with Crippen LogP contribution in [-0.2, 0) is 17.6 Å². The van der Waals surface area contributed by atoms with E-state index in [0.717, 1.165) is 12.8 Å². The fraction of sp³-hybridized carbons (Fsp3) is 0.462. The van der Waals surface area contributed by atoms with E-state index in [1.54, 1.807) is 7.05 Å². The van der Waals surface area contributed by atoms with Gasteiger partial charge in [0.25, 0.3) is 0 Å². The van der Waals surface area contributed by atoms with Crippen LogP contribution in [0.4, 0.5) is 0 Å². The van der Waals surface area contributed by atoms with Gasteiger partial charge in [0.15, 0.2) is 0 Å². The lowest BCUT2D eigenvalue weighted by atomic mass is 10.0. The van der Waals surface area contributed by atoms with Gasteiger partial charge in [-0.1, -0.05) is 37.6 Å². The maximum Gasteiger partial charge on any atom is 0.234 e. The van der Waals surface area contributed by atoms with Gasteiger partial charge >= 0.3 is 0 Å². The van der Waals surface area contributed by atoms with Crippen LogP contribution in [0.2, 0.25) is 0 Å². The molecule has 0 aliphatic carbocycles. The third-order valence-electron chi connectivity index (χ3n) is 2.47. The number of aryl methyl sites for hydroxylation is 2. The Morgan fingerprint density at radius 3 is 2.19 bits per heavy atom. The van der Waals surface area contributed by atoms with Crippen molar-refractivity contribution in [3.63, 3.8) is 0 Å². The molecule has 1 amide bonds. The largest absolute Gasteiger partial charge is 0.292 e. The van der Waals surface area contributed by atoms with Crippen molar-refractivity contribution in [1.82, 2.24) is 10.9 Å². The van der Waals surface area contributed by atoms with Crippen molar-refractivity contribution in [2.45, 2.75) is 32.6 Å². The Balaban J connectivity index is 2.40. The van der Waals surface area contributed by atoms with E-state index in [0.29, 0.717) is 6.42 Å². The molecule has 1 aromatic carbocycles. The minimum Gasteiger partial charge on any atom is -0.292 e. The van der Waals surface area contributed by atoms with Gasteiger partial charge < -0.3 is 0 Å². The molecule has 0 aliphatic rings. The van der Waals surface area contributed by atoms with Crippen molar-refractivity contribution in [3.8, 4) is 0 Å². The summed E-state index contributed by atoms with van der Waals surface area (Å²) in [5, 5.41) is 0. The molecule has 0 radical (unpaired) electrons. The fourth-order valence-corrected chi connectivity index (χ4v) is 1.62. The van der Waals surface area contributed by atoms with Crippen LogP contribution < -0.4 is 10.9 Å². The lowest BCUT2D eigenvalue weighted by Crippen LogP contribution is -2.34. The molecule has 0 bridgehead atoms. The molecule has 2 N–H and O–H groups in total. The number of nitrogens with one attached hydrogen (secondary N) is 2. The quantitative estimate of drug-likeness (QED) is 0.718. The molecule has 16 heavy (non-hydrogen) atoms. The number of carbonyl (C=O) groups is 1. The summed E-state index contributed by atoms with van der Waals surface area (Å²) in [4.78, 5) is 11.2. The van der Waals surface area contributed by atoms with Crippen LogP contribution in [0.15, 0.2) is 24.3 Å². The molecule has 0 fully saturated rings. The fourth-order valence-electron chi connectivity index (χ4n) is 1.62. The van der Waals surface area contributed by atoms with Crippen molar-refractivity contribution in [3.05, 3.63) is 35.4 Å². The third kappa shape index (κ3) is 4.45. The molecule has 0 spiro atoms. The first-order valence-electron chi connectivity index (χ1n) is 5.79. The molecule has 0 atom stereocenters. The summed E-state index contributed by atoms with van der Waals surface area (Å²) in [6.07, 6.45) is 3.61. The van der Waals surface area contributed by atoms with E-state index in [1.165, 1.54) is 17.5 Å². The zero-order chi connectivity index (χ0) is 11.8. The zero-order valence-electron chi connectivity index (χ0n) is 10.0. The first kappa shape index (κ1) is 12.7. The van der Waals surface area contributed by atoms with Crippen molar-refractivity contribution >= 4 is 5.91 Å². The number of carbonyl (C=O) groups excluding carboxylic acids is 1. The van der Waals surface area contributed by atoms with Crippen LogP contribution in [0, 0.1) is 0 Å². The van der Waals surface area contributed by atoms with Crippen LogP contribution in [0.5, 0.6) is 0 Å². The van der Waals surface area contributed by atoms with Crippen molar-refractivity contribution in [2.24, 2.45) is 0 Å². The van der Waals surface area contributed by atoms with Gasteiger partial charge in [-0.3, -0.25) is 10.2 Å². The average molecular weight is 220 g/mol. The Kier molecular flexibility index (Phi) is 5.57. The molecule has 1 rings (SSSR count). The summed E-state index contributed by atoms with van der Waals surface area (Å²) >= 11 is 0. The van der Waals surface area contributed by atoms with E-state index in [1.807, 2.05) is 0 Å². The number of hydrogen-bond donors (Lipinski definition) is 2. The molecule has 88 valence electrons. The summed E-state index contributed by atoms with van der Waals surface area (Å²) < 4.78 is 0. The third-order valence-corrected chi connectivity index (χ3v) is 2.47. The van der Waals surface area contributed by atoms with Crippen molar-refractivity contribution in [1.29, 1.82) is 0 Å². The van der Waals surface area contributed by atoms with Gasteiger partial charge in [-0.2, -0.15) is 0 Å². The van der Waals surface area contributed by atoms with Crippen molar-refractivity contribution in [2.75, 3.05) is 7.05 Å². The van der Waals surface area contributed by atoms with Gasteiger partial charge in [-0.25, -0.2) is 5.43 Å². The van der Waals surface area contributed by atoms with Gasteiger partial charge in [0, 0.05) is 13.5 Å². The highest BCUT2D eigenvalue weighted by Gasteiger charge is 2.00. The number of rotatable bonds is 6. The van der Waals surface area contributed by atoms with E-state index >= 15 is 0 Å². The maximum atomic E-state index is 11.2. The highest BCUT2D eigenvalue weighted by Crippen LogP contribution is 2.08. The summed E-state index contributed by atoms with van der Waals surface area (Å²) in [5.74, 6) is 0.0279. The number of benzene rings is 1. The van der Waals surface area contributed by atoms with E-state index in [4.69, 9.17) is 0 Å². The summed E-state index contributed by atoms with van der Waals surface area (Å²) in [6, 6.07) is 8.51. The van der Waals surface area contributed by atoms with Crippen LogP contribution >= 0.6 is 0 Å². The van der Waals surface area contributed by atoms with Crippen LogP contribution in [0.3, 0.4) is 0 Å². The second-order valence-corrected chi connectivity index (χ2v) is 3.86. The van der Waals surface area contributed by atoms with Crippen LogP contribution in [0.1, 0.15) is 30.9 Å². The van der Waals surface area contributed by atoms with E-state index < -0.39 is 0 Å². The lowest BCUT2D eigenvalue weighted by molar-refractivity contribution is -0.121. The second kappa shape index (κ2) is 7.01. The zero-order valence-corrected chi connectivity index (χ0v) is 10.0. The molecule has 0 heterocycles. The van der Waals surface area contributed by atoms with Gasteiger partial charge in [-0.15, -0.1) is 0 Å². The van der Waals surface area contributed by atoms with Crippen LogP contribution in [-0.4, -0.2) is 13.0 Å². The Labute approximate surface area is 97.2 Å². The van der Waals surface area contributed by atoms with Gasteiger partial charge in [0.2, 0.25) is 5.91 Å². The maximum absolute atomic E-state index is 11.2. The SMILES string of the molecule is CCCc1ccc(CCC(=O)NNC)cc1. The minimum absolute atomic E-state index is 0.0279. The normalized spacial score (nSPS) is 10.1. The Morgan fingerprint density at radius 1 is 1.12 bits per heavy atom. The molecule has 0 aliphatic heterocycles. The molecule has 0 aromatic heterocycles. The second-order valence-electron chi connectivity index (χ2n) is 3.86. The Morgan fingerprint density at radius 2 is 1.69 bits per heavy atom. The molecular formula is C13H20N2O. The van der Waals surface area contributed by atoms with Crippen molar-refractivity contribution < 1.29 is 4.79 Å². The molecular weight excluding hydrogens is 200 g/mol. The summed E-state index contributed by atoms with van der Waals surface area (Å²) in [5.41, 5.74) is 7.77. The molecule has 0 unspecified atom stereocenters. The standard InChI is InChI=1S/C13H20N2O/c1-3-4-11-5-7-12(8-6-11)9-10-13(16)15-14-2/h5-8,14H,3-4,9-10H2,1-2H3,(H,15,16). The van der Waals surface area contributed by atoms with E-state index in [-0.39, 0.29) is 5.91 Å². The summed E-state index contributed by atoms with van der Waals surface area (Å²) in [6.45, 7) is 2.18.